The van der Waals surface area contributed by atoms with Crippen LogP contribution in [0.3, 0.4) is 0 Å². The minimum Gasteiger partial charge on any atom is -0.381 e. The number of nitrogens with two attached hydrogens (primary N) is 1. The van der Waals surface area contributed by atoms with Crippen molar-refractivity contribution >= 4 is 0 Å². The van der Waals surface area contributed by atoms with Gasteiger partial charge in [0.2, 0.25) is 0 Å². The Morgan fingerprint density at radius 1 is 1.24 bits per heavy atom. The molecule has 1 heterocycles. The van der Waals surface area contributed by atoms with E-state index in [0.717, 1.165) is 44.2 Å². The SMILES string of the molecule is CCN(CC1CCOC1)C1CCCCC1CN. The number of nitrogens with zero attached hydrogens (tertiary/aromatic N) is 1. The Labute approximate surface area is 106 Å². The number of ether oxygens (including phenoxy) is 1. The van der Waals surface area contributed by atoms with Gasteiger partial charge in [-0.05, 0) is 44.2 Å². The molecule has 0 radical (unpaired) electrons. The molecule has 0 bridgehead atoms. The van der Waals surface area contributed by atoms with Crippen LogP contribution in [0.4, 0.5) is 0 Å². The van der Waals surface area contributed by atoms with Crippen LogP contribution in [-0.2, 0) is 4.74 Å². The first-order chi connectivity index (χ1) is 8.35. The van der Waals surface area contributed by atoms with E-state index < -0.39 is 0 Å². The highest BCUT2D eigenvalue weighted by Gasteiger charge is 2.30. The molecule has 3 nitrogen and oxygen atoms in total. The van der Waals surface area contributed by atoms with E-state index in [4.69, 9.17) is 10.5 Å². The molecule has 3 heteroatoms. The van der Waals surface area contributed by atoms with Crippen LogP contribution in [0.15, 0.2) is 0 Å². The fraction of sp³-hybridized carbons (Fsp3) is 1.00. The molecule has 0 aromatic rings. The maximum Gasteiger partial charge on any atom is 0.0507 e. The topological polar surface area (TPSA) is 38.5 Å². The highest BCUT2D eigenvalue weighted by molar-refractivity contribution is 4.85. The van der Waals surface area contributed by atoms with E-state index in [0.29, 0.717) is 0 Å². The molecule has 0 aromatic carbocycles. The summed E-state index contributed by atoms with van der Waals surface area (Å²) >= 11 is 0. The Morgan fingerprint density at radius 3 is 2.71 bits per heavy atom. The second kappa shape index (κ2) is 6.72. The van der Waals surface area contributed by atoms with Gasteiger partial charge < -0.3 is 10.5 Å². The quantitative estimate of drug-likeness (QED) is 0.797. The lowest BCUT2D eigenvalue weighted by Crippen LogP contribution is -2.46. The van der Waals surface area contributed by atoms with Crippen molar-refractivity contribution in [1.29, 1.82) is 0 Å². The maximum absolute atomic E-state index is 5.94. The van der Waals surface area contributed by atoms with Gasteiger partial charge in [0.15, 0.2) is 0 Å². The minimum atomic E-state index is 0.728. The molecule has 1 saturated heterocycles. The zero-order valence-electron chi connectivity index (χ0n) is 11.2. The van der Waals surface area contributed by atoms with Gasteiger partial charge in [0.25, 0.3) is 0 Å². The Morgan fingerprint density at radius 2 is 2.06 bits per heavy atom. The van der Waals surface area contributed by atoms with Crippen molar-refractivity contribution in [3.63, 3.8) is 0 Å². The zero-order chi connectivity index (χ0) is 12.1. The predicted octanol–water partition coefficient (Wildman–Crippen LogP) is 1.86. The van der Waals surface area contributed by atoms with E-state index in [9.17, 15) is 0 Å². The first-order valence-corrected chi connectivity index (χ1v) is 7.37. The molecule has 1 aliphatic heterocycles. The molecule has 1 aliphatic carbocycles. The van der Waals surface area contributed by atoms with Crippen molar-refractivity contribution < 1.29 is 4.74 Å². The smallest absolute Gasteiger partial charge is 0.0507 e. The molecule has 17 heavy (non-hydrogen) atoms. The largest absolute Gasteiger partial charge is 0.381 e. The normalized spacial score (nSPS) is 34.4. The summed E-state index contributed by atoms with van der Waals surface area (Å²) in [6, 6.07) is 0.736. The molecule has 3 atom stereocenters. The second-order valence-electron chi connectivity index (χ2n) is 5.66. The van der Waals surface area contributed by atoms with Gasteiger partial charge in [-0.1, -0.05) is 19.8 Å². The van der Waals surface area contributed by atoms with E-state index in [1.807, 2.05) is 0 Å². The van der Waals surface area contributed by atoms with E-state index in [-0.39, 0.29) is 0 Å². The van der Waals surface area contributed by atoms with Crippen molar-refractivity contribution in [2.24, 2.45) is 17.6 Å². The number of rotatable bonds is 5. The Hall–Kier alpha value is -0.120. The standard InChI is InChI=1S/C14H28N2O/c1-2-16(10-12-7-8-17-11-12)14-6-4-3-5-13(14)9-15/h12-14H,2-11,15H2,1H3. The molecular formula is C14H28N2O. The van der Waals surface area contributed by atoms with Gasteiger partial charge in [-0.2, -0.15) is 0 Å². The zero-order valence-corrected chi connectivity index (χ0v) is 11.2. The maximum atomic E-state index is 5.94. The molecule has 0 aromatic heterocycles. The van der Waals surface area contributed by atoms with E-state index in [2.05, 4.69) is 11.8 Å². The summed E-state index contributed by atoms with van der Waals surface area (Å²) in [7, 11) is 0. The summed E-state index contributed by atoms with van der Waals surface area (Å²) in [6.45, 7) is 7.47. The van der Waals surface area contributed by atoms with Crippen molar-refractivity contribution in [2.45, 2.75) is 45.1 Å². The Balaban J connectivity index is 1.90. The van der Waals surface area contributed by atoms with Gasteiger partial charge in [0, 0.05) is 19.2 Å². The lowest BCUT2D eigenvalue weighted by atomic mass is 9.83. The third-order valence-corrected chi connectivity index (χ3v) is 4.56. The third kappa shape index (κ3) is 3.43. The Kier molecular flexibility index (Phi) is 5.26. The molecule has 100 valence electrons. The van der Waals surface area contributed by atoms with Crippen LogP contribution in [0.2, 0.25) is 0 Å². The van der Waals surface area contributed by atoms with Crippen molar-refractivity contribution in [3.8, 4) is 0 Å². The van der Waals surface area contributed by atoms with E-state index in [1.54, 1.807) is 0 Å². The average Bonchev–Trinajstić information content (AvgIpc) is 2.89. The summed E-state index contributed by atoms with van der Waals surface area (Å²) in [6.07, 6.45) is 6.69. The van der Waals surface area contributed by atoms with Crippen LogP contribution in [0.5, 0.6) is 0 Å². The van der Waals surface area contributed by atoms with Crippen LogP contribution in [0.25, 0.3) is 0 Å². The van der Waals surface area contributed by atoms with Crippen molar-refractivity contribution in [1.82, 2.24) is 4.90 Å². The molecule has 2 fully saturated rings. The van der Waals surface area contributed by atoms with Crippen molar-refractivity contribution in [3.05, 3.63) is 0 Å². The molecule has 2 rings (SSSR count). The highest BCUT2D eigenvalue weighted by Crippen LogP contribution is 2.29. The first-order valence-electron chi connectivity index (χ1n) is 7.37. The van der Waals surface area contributed by atoms with Crippen LogP contribution >= 0.6 is 0 Å². The molecule has 0 amide bonds. The molecule has 0 spiro atoms. The van der Waals surface area contributed by atoms with E-state index in [1.165, 1.54) is 38.6 Å². The fourth-order valence-corrected chi connectivity index (χ4v) is 3.50. The summed E-state index contributed by atoms with van der Waals surface area (Å²) in [5.41, 5.74) is 5.94. The lowest BCUT2D eigenvalue weighted by Gasteiger charge is -2.40. The summed E-state index contributed by atoms with van der Waals surface area (Å²) in [5, 5.41) is 0. The van der Waals surface area contributed by atoms with Gasteiger partial charge in [-0.3, -0.25) is 4.90 Å². The third-order valence-electron chi connectivity index (χ3n) is 4.56. The lowest BCUT2D eigenvalue weighted by molar-refractivity contribution is 0.0899. The van der Waals surface area contributed by atoms with Gasteiger partial charge in [-0.25, -0.2) is 0 Å². The van der Waals surface area contributed by atoms with Crippen LogP contribution < -0.4 is 5.73 Å². The molecule has 2 N–H and O–H groups in total. The van der Waals surface area contributed by atoms with Crippen LogP contribution in [0, 0.1) is 11.8 Å². The van der Waals surface area contributed by atoms with E-state index >= 15 is 0 Å². The summed E-state index contributed by atoms with van der Waals surface area (Å²) in [4.78, 5) is 2.68. The number of hydrogen-bond donors (Lipinski definition) is 1. The Bertz CT molecular complexity index is 216. The average molecular weight is 240 g/mol. The van der Waals surface area contributed by atoms with Crippen LogP contribution in [0.1, 0.15) is 39.0 Å². The summed E-state index contributed by atoms with van der Waals surface area (Å²) < 4.78 is 5.49. The van der Waals surface area contributed by atoms with Gasteiger partial charge in [0.05, 0.1) is 6.61 Å². The molecule has 3 unspecified atom stereocenters. The van der Waals surface area contributed by atoms with Crippen LogP contribution in [-0.4, -0.2) is 43.8 Å². The predicted molar refractivity (Wildman–Crippen MR) is 71.0 cm³/mol. The molecular weight excluding hydrogens is 212 g/mol. The number of hydrogen-bond acceptors (Lipinski definition) is 3. The highest BCUT2D eigenvalue weighted by atomic mass is 16.5. The monoisotopic (exact) mass is 240 g/mol. The van der Waals surface area contributed by atoms with Crippen molar-refractivity contribution in [2.75, 3.05) is 32.8 Å². The van der Waals surface area contributed by atoms with Gasteiger partial charge in [-0.15, -0.1) is 0 Å². The minimum absolute atomic E-state index is 0.728. The van der Waals surface area contributed by atoms with Gasteiger partial charge >= 0.3 is 0 Å². The second-order valence-corrected chi connectivity index (χ2v) is 5.66. The molecule has 1 saturated carbocycles. The fourth-order valence-electron chi connectivity index (χ4n) is 3.50. The molecule has 2 aliphatic rings. The first kappa shape index (κ1) is 13.3. The van der Waals surface area contributed by atoms with Gasteiger partial charge in [0.1, 0.15) is 0 Å². The summed E-state index contributed by atoms with van der Waals surface area (Å²) in [5.74, 6) is 1.49.